The highest BCUT2D eigenvalue weighted by atomic mass is 32.3. The van der Waals surface area contributed by atoms with Crippen LogP contribution in [0.25, 0.3) is 5.65 Å². The van der Waals surface area contributed by atoms with Gasteiger partial charge in [0.05, 0.1) is 6.54 Å². The lowest BCUT2D eigenvalue weighted by Gasteiger charge is -2.25. The molecule has 3 aromatic heterocycles. The summed E-state index contributed by atoms with van der Waals surface area (Å²) in [6.07, 6.45) is 3.06. The smallest absolute Gasteiger partial charge is 0.229 e. The molecule has 2 aliphatic rings. The van der Waals surface area contributed by atoms with E-state index in [-0.39, 0.29) is 0 Å². The molecule has 1 saturated carbocycles. The quantitative estimate of drug-likeness (QED) is 0.619. The normalized spacial score (nSPS) is 21.3. The van der Waals surface area contributed by atoms with Crippen molar-refractivity contribution in [1.82, 2.24) is 24.1 Å². The predicted octanol–water partition coefficient (Wildman–Crippen LogP) is 2.18. The zero-order valence-corrected chi connectivity index (χ0v) is 16.4. The Bertz CT molecular complexity index is 1000. The minimum atomic E-state index is -3.40. The van der Waals surface area contributed by atoms with E-state index >= 15 is 0 Å². The first kappa shape index (κ1) is 17.2. The van der Waals surface area contributed by atoms with Gasteiger partial charge in [-0.3, -0.25) is 0 Å². The van der Waals surface area contributed by atoms with E-state index in [1.807, 2.05) is 16.6 Å². The summed E-state index contributed by atoms with van der Waals surface area (Å²) in [5.74, 6) is 2.25. The van der Waals surface area contributed by atoms with Gasteiger partial charge in [0.25, 0.3) is 0 Å². The zero-order valence-electron chi connectivity index (χ0n) is 14.7. The van der Waals surface area contributed by atoms with Gasteiger partial charge >= 0.3 is 0 Å². The maximum atomic E-state index is 12.8. The molecule has 3 aromatic rings. The summed E-state index contributed by atoms with van der Waals surface area (Å²) in [6, 6.07) is 7.33. The summed E-state index contributed by atoms with van der Waals surface area (Å²) in [5.41, 5.74) is 0.761. The van der Waals surface area contributed by atoms with E-state index in [1.54, 1.807) is 21.8 Å². The van der Waals surface area contributed by atoms with Gasteiger partial charge in [0.15, 0.2) is 21.9 Å². The molecule has 0 bridgehead atoms. The Morgan fingerprint density at radius 3 is 2.78 bits per heavy atom. The first-order valence-electron chi connectivity index (χ1n) is 9.14. The monoisotopic (exact) mass is 404 g/mol. The lowest BCUT2D eigenvalue weighted by molar-refractivity contribution is 0.369. The number of rotatable bonds is 4. The van der Waals surface area contributed by atoms with E-state index in [4.69, 9.17) is 5.10 Å². The Balaban J connectivity index is 1.37. The molecule has 1 aliphatic carbocycles. The maximum Gasteiger partial charge on any atom is 0.229 e. The van der Waals surface area contributed by atoms with Crippen molar-refractivity contribution >= 4 is 33.2 Å². The molecule has 27 heavy (non-hydrogen) atoms. The molecular formula is C17H20N6O2S2. The number of nitrogens with zero attached hydrogens (tertiary/aromatic N) is 6. The van der Waals surface area contributed by atoms with Crippen LogP contribution in [0.3, 0.4) is 0 Å². The number of thiophene rings is 1. The molecular weight excluding hydrogens is 384 g/mol. The van der Waals surface area contributed by atoms with Crippen molar-refractivity contribution in [3.63, 3.8) is 0 Å². The van der Waals surface area contributed by atoms with Crippen molar-refractivity contribution in [2.45, 2.75) is 29.4 Å². The summed E-state index contributed by atoms with van der Waals surface area (Å²) in [7, 11) is -3.40. The molecule has 1 unspecified atom stereocenters. The van der Waals surface area contributed by atoms with Crippen molar-refractivity contribution in [1.29, 1.82) is 0 Å². The largest absolute Gasteiger partial charge is 0.592 e. The third-order valence-electron chi connectivity index (χ3n) is 5.08. The molecule has 1 atom stereocenters. The molecule has 1 saturated heterocycles. The minimum absolute atomic E-state index is 0.411. The fourth-order valence-electron chi connectivity index (χ4n) is 3.46. The summed E-state index contributed by atoms with van der Waals surface area (Å²) in [6.45, 7) is 2.37. The van der Waals surface area contributed by atoms with Crippen LogP contribution in [0.2, 0.25) is 0 Å². The van der Waals surface area contributed by atoms with Crippen LogP contribution in [0, 0.1) is 0 Å². The lowest BCUT2D eigenvalue weighted by atomic mass is 10.3. The van der Waals surface area contributed by atoms with Crippen molar-refractivity contribution < 1.29 is 8.76 Å². The SMILES string of the molecule is O=[S+]([O-])(c1cccs1)N1CCCN(c2ccc3nnc(C4CC4)n3n2)CC1. The lowest BCUT2D eigenvalue weighted by Crippen LogP contribution is -2.39. The van der Waals surface area contributed by atoms with Crippen molar-refractivity contribution in [2.24, 2.45) is 0 Å². The summed E-state index contributed by atoms with van der Waals surface area (Å²) < 4.78 is 29.4. The average molecular weight is 405 g/mol. The standard InChI is InChI=1S/C17H20N6O2S2/c24-27(25,16-3-1-12-26-16)22-9-2-8-21(10-11-22)15-7-6-14-18-19-17(13-4-5-13)23(14)20-15/h1,3,6-7,12-13H,2,4-5,8-11H2. The van der Waals surface area contributed by atoms with Crippen molar-refractivity contribution in [3.8, 4) is 0 Å². The summed E-state index contributed by atoms with van der Waals surface area (Å²) in [5, 5.41) is 15.0. The van der Waals surface area contributed by atoms with E-state index in [2.05, 4.69) is 15.1 Å². The Kier molecular flexibility index (Phi) is 4.23. The van der Waals surface area contributed by atoms with E-state index in [1.165, 1.54) is 11.3 Å². The molecule has 8 nitrogen and oxygen atoms in total. The Labute approximate surface area is 162 Å². The zero-order chi connectivity index (χ0) is 18.4. The van der Waals surface area contributed by atoms with Crippen LogP contribution in [0.5, 0.6) is 0 Å². The van der Waals surface area contributed by atoms with Gasteiger partial charge < -0.3 is 9.45 Å². The first-order valence-corrected chi connectivity index (χ1v) is 11.5. The molecule has 5 rings (SSSR count). The Hall–Kier alpha value is -1.88. The summed E-state index contributed by atoms with van der Waals surface area (Å²) in [4.78, 5) is 2.15. The number of fused-ring (bicyclic) bond motifs is 1. The second-order valence-corrected chi connectivity index (χ2v) is 10.1. The molecule has 0 radical (unpaired) electrons. The molecule has 1 aliphatic heterocycles. The van der Waals surface area contributed by atoms with Gasteiger partial charge in [0.1, 0.15) is 5.82 Å². The van der Waals surface area contributed by atoms with E-state index < -0.39 is 10.4 Å². The molecule has 0 amide bonds. The third kappa shape index (κ3) is 3.16. The number of aromatic nitrogens is 4. The van der Waals surface area contributed by atoms with Crippen LogP contribution >= 0.6 is 11.3 Å². The van der Waals surface area contributed by atoms with E-state index in [0.29, 0.717) is 29.8 Å². The van der Waals surface area contributed by atoms with Crippen LogP contribution in [0.15, 0.2) is 33.9 Å². The molecule has 0 N–H and O–H groups in total. The molecule has 0 aromatic carbocycles. The predicted molar refractivity (Wildman–Crippen MR) is 103 cm³/mol. The molecule has 2 fully saturated rings. The fraction of sp³-hybridized carbons (Fsp3) is 0.471. The molecule has 142 valence electrons. The fourth-order valence-corrected chi connectivity index (χ4v) is 6.08. The highest BCUT2D eigenvalue weighted by molar-refractivity contribution is 7.97. The first-order chi connectivity index (χ1) is 13.1. The number of hydrogen-bond acceptors (Lipinski definition) is 7. The van der Waals surface area contributed by atoms with Gasteiger partial charge in [-0.25, -0.2) is 0 Å². The number of anilines is 1. The van der Waals surface area contributed by atoms with Crippen LogP contribution in [0.1, 0.15) is 31.0 Å². The van der Waals surface area contributed by atoms with Crippen molar-refractivity contribution in [3.05, 3.63) is 35.5 Å². The van der Waals surface area contributed by atoms with Crippen LogP contribution in [-0.2, 0) is 14.6 Å². The number of hydrogen-bond donors (Lipinski definition) is 0. The van der Waals surface area contributed by atoms with Crippen LogP contribution < -0.4 is 4.90 Å². The van der Waals surface area contributed by atoms with Gasteiger partial charge in [-0.2, -0.15) is 4.52 Å². The molecule has 4 heterocycles. The second-order valence-electron chi connectivity index (χ2n) is 6.97. The highest BCUT2D eigenvalue weighted by Gasteiger charge is 2.33. The Morgan fingerprint density at radius 2 is 2.00 bits per heavy atom. The third-order valence-corrected chi connectivity index (χ3v) is 8.36. The second kappa shape index (κ2) is 6.62. The maximum absolute atomic E-state index is 12.8. The van der Waals surface area contributed by atoms with E-state index in [9.17, 15) is 8.76 Å². The van der Waals surface area contributed by atoms with Gasteiger partial charge in [0.2, 0.25) is 4.21 Å². The minimum Gasteiger partial charge on any atom is -0.592 e. The topological polar surface area (TPSA) is 89.7 Å². The van der Waals surface area contributed by atoms with Gasteiger partial charge in [-0.1, -0.05) is 15.5 Å². The van der Waals surface area contributed by atoms with Gasteiger partial charge in [0, 0.05) is 31.6 Å². The molecule has 0 spiro atoms. The van der Waals surface area contributed by atoms with E-state index in [0.717, 1.165) is 43.1 Å². The van der Waals surface area contributed by atoms with Crippen molar-refractivity contribution in [2.75, 3.05) is 31.1 Å². The Morgan fingerprint density at radius 1 is 1.11 bits per heavy atom. The van der Waals surface area contributed by atoms with Gasteiger partial charge in [-0.05, 0) is 42.8 Å². The van der Waals surface area contributed by atoms with Crippen LogP contribution in [0.4, 0.5) is 5.82 Å². The number of sulfonamides is 1. The van der Waals surface area contributed by atoms with Crippen LogP contribution in [-0.4, -0.2) is 54.8 Å². The van der Waals surface area contributed by atoms with Gasteiger partial charge in [-0.15, -0.1) is 19.6 Å². The average Bonchev–Trinajstić information content (AvgIpc) is 3.27. The highest BCUT2D eigenvalue weighted by Crippen LogP contribution is 2.38. The molecule has 10 heteroatoms. The summed E-state index contributed by atoms with van der Waals surface area (Å²) >= 11 is 1.27.